The monoisotopic (exact) mass is 301 g/mol. The molecule has 0 aliphatic heterocycles. The molecule has 0 bridgehead atoms. The number of ether oxygens (including phenoxy) is 2. The van der Waals surface area contributed by atoms with Gasteiger partial charge in [-0.2, -0.15) is 0 Å². The van der Waals surface area contributed by atoms with Crippen molar-refractivity contribution >= 4 is 11.6 Å². The van der Waals surface area contributed by atoms with Gasteiger partial charge in [0.05, 0.1) is 13.0 Å². The fraction of sp³-hybridized carbons (Fsp3) is 0.312. The first-order valence-electron chi connectivity index (χ1n) is 7.12. The van der Waals surface area contributed by atoms with Crippen LogP contribution in [0, 0.1) is 6.92 Å². The van der Waals surface area contributed by atoms with E-state index in [0.29, 0.717) is 25.4 Å². The lowest BCUT2D eigenvalue weighted by Crippen LogP contribution is -2.14. The van der Waals surface area contributed by atoms with Crippen molar-refractivity contribution in [1.29, 1.82) is 0 Å². The van der Waals surface area contributed by atoms with Crippen LogP contribution >= 0.6 is 0 Å². The van der Waals surface area contributed by atoms with Crippen molar-refractivity contribution in [1.82, 2.24) is 9.97 Å². The molecule has 1 heterocycles. The Morgan fingerprint density at radius 2 is 2.05 bits per heavy atom. The average Bonchev–Trinajstić information content (AvgIpc) is 2.51. The number of rotatable bonds is 7. The summed E-state index contributed by atoms with van der Waals surface area (Å²) in [5, 5.41) is 2.85. The summed E-state index contributed by atoms with van der Waals surface area (Å²) in [6.07, 6.45) is 3.56. The number of hydrogen-bond acceptors (Lipinski definition) is 5. The van der Waals surface area contributed by atoms with Crippen LogP contribution in [0.1, 0.15) is 18.9 Å². The normalized spacial score (nSPS) is 10.3. The number of carbonyl (C=O) groups is 1. The highest BCUT2D eigenvalue weighted by Gasteiger charge is 2.07. The van der Waals surface area contributed by atoms with Gasteiger partial charge in [-0.25, -0.2) is 9.97 Å². The number of carbonyl (C=O) groups excluding carboxylic acids is 1. The van der Waals surface area contributed by atoms with Gasteiger partial charge in [0.15, 0.2) is 0 Å². The van der Waals surface area contributed by atoms with Crippen LogP contribution in [-0.2, 0) is 9.53 Å². The maximum Gasteiger partial charge on any atom is 0.321 e. The Bertz CT molecular complexity index is 617. The molecule has 0 aliphatic carbocycles. The van der Waals surface area contributed by atoms with Gasteiger partial charge in [-0.15, -0.1) is 0 Å². The molecule has 6 nitrogen and oxygen atoms in total. The number of anilines is 1. The van der Waals surface area contributed by atoms with Crippen molar-refractivity contribution in [2.75, 3.05) is 18.5 Å². The minimum atomic E-state index is -0.0726. The van der Waals surface area contributed by atoms with Gasteiger partial charge in [-0.1, -0.05) is 0 Å². The third-order valence-corrected chi connectivity index (χ3v) is 2.90. The molecule has 0 saturated heterocycles. The molecule has 22 heavy (non-hydrogen) atoms. The number of aromatic nitrogens is 2. The molecule has 0 unspecified atom stereocenters. The molecule has 0 fully saturated rings. The number of amides is 1. The summed E-state index contributed by atoms with van der Waals surface area (Å²) in [5.41, 5.74) is 1.65. The topological polar surface area (TPSA) is 73.3 Å². The van der Waals surface area contributed by atoms with Crippen molar-refractivity contribution in [3.8, 4) is 11.8 Å². The molecule has 0 radical (unpaired) electrons. The SMILES string of the molecule is CCOCCC(=O)Nc1ccc(Oc2ncccn2)cc1C. The molecule has 1 amide bonds. The van der Waals surface area contributed by atoms with E-state index in [2.05, 4.69) is 15.3 Å². The first-order valence-corrected chi connectivity index (χ1v) is 7.12. The molecule has 2 rings (SSSR count). The molecule has 1 aromatic carbocycles. The first-order chi connectivity index (χ1) is 10.7. The Kier molecular flexibility index (Phi) is 5.85. The Hall–Kier alpha value is -2.47. The quantitative estimate of drug-likeness (QED) is 0.796. The summed E-state index contributed by atoms with van der Waals surface area (Å²) in [5.74, 6) is 0.549. The summed E-state index contributed by atoms with van der Waals surface area (Å²) in [6.45, 7) is 4.84. The molecule has 1 N–H and O–H groups in total. The molecular formula is C16H19N3O3. The summed E-state index contributed by atoms with van der Waals surface area (Å²) in [6, 6.07) is 7.40. The molecule has 2 aromatic rings. The molecular weight excluding hydrogens is 282 g/mol. The van der Waals surface area contributed by atoms with Gasteiger partial charge >= 0.3 is 6.01 Å². The summed E-state index contributed by atoms with van der Waals surface area (Å²) in [7, 11) is 0. The fourth-order valence-electron chi connectivity index (χ4n) is 1.81. The lowest BCUT2D eigenvalue weighted by Gasteiger charge is -2.10. The molecule has 116 valence electrons. The van der Waals surface area contributed by atoms with Gasteiger partial charge < -0.3 is 14.8 Å². The van der Waals surface area contributed by atoms with Crippen LogP contribution in [0.2, 0.25) is 0 Å². The molecule has 0 atom stereocenters. The van der Waals surface area contributed by atoms with E-state index < -0.39 is 0 Å². The van der Waals surface area contributed by atoms with Crippen LogP contribution in [0.3, 0.4) is 0 Å². The van der Waals surface area contributed by atoms with Crippen molar-refractivity contribution in [3.63, 3.8) is 0 Å². The van der Waals surface area contributed by atoms with Crippen LogP contribution < -0.4 is 10.1 Å². The second-order valence-corrected chi connectivity index (χ2v) is 4.61. The number of aryl methyl sites for hydroxylation is 1. The van der Waals surface area contributed by atoms with E-state index in [-0.39, 0.29) is 11.9 Å². The highest BCUT2D eigenvalue weighted by Crippen LogP contribution is 2.24. The van der Waals surface area contributed by atoms with Crippen molar-refractivity contribution in [2.24, 2.45) is 0 Å². The zero-order valence-electron chi connectivity index (χ0n) is 12.7. The highest BCUT2D eigenvalue weighted by molar-refractivity contribution is 5.91. The minimum Gasteiger partial charge on any atom is -0.424 e. The molecule has 6 heteroatoms. The smallest absolute Gasteiger partial charge is 0.321 e. The molecule has 0 saturated carbocycles. The minimum absolute atomic E-state index is 0.0726. The first kappa shape index (κ1) is 15.9. The Morgan fingerprint density at radius 1 is 1.27 bits per heavy atom. The van der Waals surface area contributed by atoms with E-state index >= 15 is 0 Å². The lowest BCUT2D eigenvalue weighted by molar-refractivity contribution is -0.117. The predicted molar refractivity (Wildman–Crippen MR) is 83.0 cm³/mol. The van der Waals surface area contributed by atoms with Crippen molar-refractivity contribution in [2.45, 2.75) is 20.3 Å². The van der Waals surface area contributed by atoms with Crippen LogP contribution in [-0.4, -0.2) is 29.1 Å². The summed E-state index contributed by atoms with van der Waals surface area (Å²) >= 11 is 0. The van der Waals surface area contributed by atoms with E-state index in [9.17, 15) is 4.79 Å². The number of hydrogen-bond donors (Lipinski definition) is 1. The Labute approximate surface area is 129 Å². The Morgan fingerprint density at radius 3 is 2.73 bits per heavy atom. The van der Waals surface area contributed by atoms with E-state index in [1.807, 2.05) is 19.9 Å². The second-order valence-electron chi connectivity index (χ2n) is 4.61. The standard InChI is InChI=1S/C16H19N3O3/c1-3-21-10-7-15(20)19-14-6-5-13(11-12(14)2)22-16-17-8-4-9-18-16/h4-6,8-9,11H,3,7,10H2,1-2H3,(H,19,20). The fourth-order valence-corrected chi connectivity index (χ4v) is 1.81. The second kappa shape index (κ2) is 8.09. The largest absolute Gasteiger partial charge is 0.424 e. The molecule has 1 aromatic heterocycles. The zero-order chi connectivity index (χ0) is 15.8. The van der Waals surface area contributed by atoms with Crippen molar-refractivity contribution in [3.05, 3.63) is 42.2 Å². The third kappa shape index (κ3) is 4.82. The lowest BCUT2D eigenvalue weighted by atomic mass is 10.2. The van der Waals surface area contributed by atoms with Crippen LogP contribution in [0.5, 0.6) is 11.8 Å². The predicted octanol–water partition coefficient (Wildman–Crippen LogP) is 2.94. The van der Waals surface area contributed by atoms with Gasteiger partial charge in [0.1, 0.15) is 5.75 Å². The summed E-state index contributed by atoms with van der Waals surface area (Å²) in [4.78, 5) is 19.8. The summed E-state index contributed by atoms with van der Waals surface area (Å²) < 4.78 is 10.7. The van der Waals surface area contributed by atoms with Gasteiger partial charge in [0.2, 0.25) is 5.91 Å². The maximum absolute atomic E-state index is 11.8. The zero-order valence-corrected chi connectivity index (χ0v) is 12.7. The van der Waals surface area contributed by atoms with Gasteiger partial charge in [0, 0.05) is 24.7 Å². The van der Waals surface area contributed by atoms with E-state index in [1.165, 1.54) is 0 Å². The van der Waals surface area contributed by atoms with Crippen LogP contribution in [0.15, 0.2) is 36.7 Å². The average molecular weight is 301 g/mol. The number of nitrogens with zero attached hydrogens (tertiary/aromatic N) is 2. The van der Waals surface area contributed by atoms with Gasteiger partial charge in [-0.3, -0.25) is 4.79 Å². The van der Waals surface area contributed by atoms with Crippen LogP contribution in [0.25, 0.3) is 0 Å². The van der Waals surface area contributed by atoms with Gasteiger partial charge in [0.25, 0.3) is 0 Å². The molecule has 0 spiro atoms. The van der Waals surface area contributed by atoms with E-state index in [1.54, 1.807) is 30.6 Å². The third-order valence-electron chi connectivity index (χ3n) is 2.90. The number of nitrogens with one attached hydrogen (secondary N) is 1. The Balaban J connectivity index is 1.96. The highest BCUT2D eigenvalue weighted by atomic mass is 16.5. The van der Waals surface area contributed by atoms with Crippen LogP contribution in [0.4, 0.5) is 5.69 Å². The van der Waals surface area contributed by atoms with Crippen molar-refractivity contribution < 1.29 is 14.3 Å². The van der Waals surface area contributed by atoms with E-state index in [0.717, 1.165) is 11.3 Å². The molecule has 0 aliphatic rings. The van der Waals surface area contributed by atoms with E-state index in [4.69, 9.17) is 9.47 Å². The number of benzene rings is 1. The van der Waals surface area contributed by atoms with Gasteiger partial charge in [-0.05, 0) is 43.7 Å². The maximum atomic E-state index is 11.8.